The topological polar surface area (TPSA) is 122 Å². The number of hydrogen-bond acceptors (Lipinski definition) is 6. The average molecular weight is 474 g/mol. The summed E-state index contributed by atoms with van der Waals surface area (Å²) in [6.45, 7) is 3.72. The van der Waals surface area contributed by atoms with Gasteiger partial charge in [-0.05, 0) is 44.0 Å². The maximum atomic E-state index is 13.1. The van der Waals surface area contributed by atoms with Crippen LogP contribution in [0.25, 0.3) is 10.2 Å². The number of piperidine rings is 1. The predicted octanol–water partition coefficient (Wildman–Crippen LogP) is 3.03. The van der Waals surface area contributed by atoms with E-state index in [1.54, 1.807) is 25.1 Å². The maximum Gasteiger partial charge on any atom is 0.319 e. The van der Waals surface area contributed by atoms with E-state index in [9.17, 15) is 19.2 Å². The maximum absolute atomic E-state index is 13.1. The van der Waals surface area contributed by atoms with Crippen LogP contribution < -0.4 is 21.5 Å². The molecule has 1 saturated heterocycles. The highest BCUT2D eigenvalue weighted by Gasteiger charge is 2.30. The molecule has 3 aromatic rings. The highest BCUT2D eigenvalue weighted by atomic mass is 35.5. The lowest BCUT2D eigenvalue weighted by molar-refractivity contribution is -0.135. The van der Waals surface area contributed by atoms with Gasteiger partial charge in [0.2, 0.25) is 11.8 Å². The molecule has 0 bridgehead atoms. The number of nitrogens with one attached hydrogen (secondary N) is 3. The number of thiophene rings is 1. The third-order valence-corrected chi connectivity index (χ3v) is 6.70. The van der Waals surface area contributed by atoms with Crippen molar-refractivity contribution in [1.82, 2.24) is 20.2 Å². The quantitative estimate of drug-likeness (QED) is 0.503. The number of aromatic nitrogens is 2. The Kier molecular flexibility index (Phi) is 5.98. The number of amides is 4. The summed E-state index contributed by atoms with van der Waals surface area (Å²) in [4.78, 5) is 54.2. The van der Waals surface area contributed by atoms with E-state index in [4.69, 9.17) is 11.6 Å². The fraction of sp³-hybridized carbons (Fsp3) is 0.286. The molecule has 166 valence electrons. The van der Waals surface area contributed by atoms with Crippen molar-refractivity contribution in [3.8, 4) is 0 Å². The number of hydrogen-bond donors (Lipinski definition) is 3. The number of benzene rings is 1. The molecule has 1 atom stereocenters. The number of rotatable bonds is 4. The molecule has 0 saturated carbocycles. The van der Waals surface area contributed by atoms with Gasteiger partial charge < -0.3 is 10.6 Å². The Morgan fingerprint density at radius 1 is 1.28 bits per heavy atom. The molecule has 4 rings (SSSR count). The predicted molar refractivity (Wildman–Crippen MR) is 122 cm³/mol. The van der Waals surface area contributed by atoms with Crippen LogP contribution in [0.4, 0.5) is 10.5 Å². The first kappa shape index (κ1) is 22.0. The van der Waals surface area contributed by atoms with Crippen LogP contribution in [0, 0.1) is 13.8 Å². The van der Waals surface area contributed by atoms with Crippen LogP contribution in [0.1, 0.15) is 35.1 Å². The first-order valence-electron chi connectivity index (χ1n) is 9.89. The fourth-order valence-corrected chi connectivity index (χ4v) is 4.70. The Morgan fingerprint density at radius 3 is 2.78 bits per heavy atom. The molecule has 0 radical (unpaired) electrons. The van der Waals surface area contributed by atoms with Gasteiger partial charge in [0.1, 0.15) is 16.6 Å². The summed E-state index contributed by atoms with van der Waals surface area (Å²) < 4.78 is 1.73. The zero-order valence-electron chi connectivity index (χ0n) is 17.3. The van der Waals surface area contributed by atoms with Gasteiger partial charge in [-0.1, -0.05) is 17.7 Å². The minimum atomic E-state index is -0.770. The molecule has 4 amide bonds. The second-order valence-corrected chi connectivity index (χ2v) is 9.04. The first-order chi connectivity index (χ1) is 15.2. The smallest absolute Gasteiger partial charge is 0.319 e. The van der Waals surface area contributed by atoms with Crippen molar-refractivity contribution in [3.05, 3.63) is 55.9 Å². The molecule has 0 spiro atoms. The molecule has 32 heavy (non-hydrogen) atoms. The number of carbonyl (C=O) groups excluding carboxylic acids is 3. The van der Waals surface area contributed by atoms with Gasteiger partial charge in [0.15, 0.2) is 0 Å². The summed E-state index contributed by atoms with van der Waals surface area (Å²) in [5.74, 6) is -0.455. The minimum absolute atomic E-state index is 0.168. The number of carbonyl (C=O) groups is 3. The number of imide groups is 1. The molecular formula is C21H20ClN5O4S. The summed E-state index contributed by atoms with van der Waals surface area (Å²) in [6, 6.07) is 5.79. The fourth-order valence-electron chi connectivity index (χ4n) is 3.55. The van der Waals surface area contributed by atoms with Crippen LogP contribution in [0.2, 0.25) is 5.02 Å². The van der Waals surface area contributed by atoms with Crippen molar-refractivity contribution in [2.45, 2.75) is 39.3 Å². The van der Waals surface area contributed by atoms with Gasteiger partial charge in [0.05, 0.1) is 12.1 Å². The molecule has 1 unspecified atom stereocenters. The summed E-state index contributed by atoms with van der Waals surface area (Å²) >= 11 is 7.28. The second-order valence-electron chi connectivity index (χ2n) is 7.50. The van der Waals surface area contributed by atoms with Crippen LogP contribution in [-0.2, 0) is 16.1 Å². The molecule has 3 N–H and O–H groups in total. The third-order valence-electron chi connectivity index (χ3n) is 5.18. The summed E-state index contributed by atoms with van der Waals surface area (Å²) in [7, 11) is 0. The Balaban J connectivity index is 1.51. The van der Waals surface area contributed by atoms with Crippen LogP contribution in [0.15, 0.2) is 29.1 Å². The van der Waals surface area contributed by atoms with Gasteiger partial charge in [0.25, 0.3) is 5.56 Å². The number of urea groups is 1. The van der Waals surface area contributed by atoms with Crippen molar-refractivity contribution in [3.63, 3.8) is 0 Å². The lowest BCUT2D eigenvalue weighted by Crippen LogP contribution is -2.45. The van der Waals surface area contributed by atoms with Crippen molar-refractivity contribution < 1.29 is 14.4 Å². The van der Waals surface area contributed by atoms with Crippen molar-refractivity contribution in [2.24, 2.45) is 0 Å². The molecule has 11 heteroatoms. The van der Waals surface area contributed by atoms with Crippen LogP contribution in [-0.4, -0.2) is 27.4 Å². The van der Waals surface area contributed by atoms with Gasteiger partial charge in [-0.2, -0.15) is 0 Å². The molecule has 1 aliphatic rings. The van der Waals surface area contributed by atoms with E-state index in [1.807, 2.05) is 13.0 Å². The molecule has 3 heterocycles. The monoisotopic (exact) mass is 473 g/mol. The van der Waals surface area contributed by atoms with Gasteiger partial charge in [-0.25, -0.2) is 9.78 Å². The van der Waals surface area contributed by atoms with E-state index in [0.29, 0.717) is 26.8 Å². The van der Waals surface area contributed by atoms with Gasteiger partial charge in [-0.15, -0.1) is 11.3 Å². The van der Waals surface area contributed by atoms with Gasteiger partial charge in [-0.3, -0.25) is 24.3 Å². The number of halogens is 1. The number of nitrogens with zero attached hydrogens (tertiary/aromatic N) is 2. The summed E-state index contributed by atoms with van der Waals surface area (Å²) in [5.41, 5.74) is 1.65. The van der Waals surface area contributed by atoms with Crippen LogP contribution in [0.3, 0.4) is 0 Å². The Bertz CT molecular complexity index is 1320. The molecule has 1 fully saturated rings. The lowest BCUT2D eigenvalue weighted by atomic mass is 10.1. The van der Waals surface area contributed by atoms with E-state index >= 15 is 0 Å². The lowest BCUT2D eigenvalue weighted by Gasteiger charge is -2.24. The molecule has 2 aromatic heterocycles. The summed E-state index contributed by atoms with van der Waals surface area (Å²) in [5, 5.41) is 8.28. The molecule has 1 aliphatic heterocycles. The van der Waals surface area contributed by atoms with E-state index < -0.39 is 18.0 Å². The van der Waals surface area contributed by atoms with Crippen molar-refractivity contribution in [2.75, 3.05) is 5.32 Å². The van der Waals surface area contributed by atoms with E-state index in [-0.39, 0.29) is 30.9 Å². The number of anilines is 1. The highest BCUT2D eigenvalue weighted by Crippen LogP contribution is 2.25. The number of aryl methyl sites for hydroxylation is 2. The Labute approximate surface area is 191 Å². The highest BCUT2D eigenvalue weighted by molar-refractivity contribution is 7.18. The molecule has 0 aliphatic carbocycles. The van der Waals surface area contributed by atoms with E-state index in [2.05, 4.69) is 20.9 Å². The Morgan fingerprint density at radius 2 is 2.06 bits per heavy atom. The van der Waals surface area contributed by atoms with E-state index in [1.165, 1.54) is 15.9 Å². The molecular weight excluding hydrogens is 454 g/mol. The zero-order chi connectivity index (χ0) is 23.0. The van der Waals surface area contributed by atoms with Gasteiger partial charge >= 0.3 is 6.03 Å². The van der Waals surface area contributed by atoms with Crippen molar-refractivity contribution >= 4 is 56.7 Å². The normalized spacial score (nSPS) is 16.2. The van der Waals surface area contributed by atoms with Crippen LogP contribution in [0.5, 0.6) is 0 Å². The molecule has 1 aromatic carbocycles. The minimum Gasteiger partial charge on any atom is -0.333 e. The molecule has 9 nitrogen and oxygen atoms in total. The standard InChI is InChI=1S/C21H20ClN5O4S/c1-10-3-4-12(7-14(10)22)25-21(31)23-9-13-8-15-18(32-13)20(30)27(11(2)24-15)16-5-6-17(28)26-19(16)29/h3-4,7-8,16H,5-6,9H2,1-2H3,(H2,23,25,31)(H,26,28,29). The summed E-state index contributed by atoms with van der Waals surface area (Å²) in [6.07, 6.45) is 0.419. The van der Waals surface area contributed by atoms with Gasteiger partial charge in [0, 0.05) is 22.0 Å². The first-order valence-corrected chi connectivity index (χ1v) is 11.1. The average Bonchev–Trinajstić information content (AvgIpc) is 3.14. The van der Waals surface area contributed by atoms with Crippen LogP contribution >= 0.6 is 22.9 Å². The second kappa shape index (κ2) is 8.71. The Hall–Kier alpha value is -3.24. The number of fused-ring (bicyclic) bond motifs is 1. The van der Waals surface area contributed by atoms with Crippen molar-refractivity contribution in [1.29, 1.82) is 0 Å². The zero-order valence-corrected chi connectivity index (χ0v) is 18.9. The SMILES string of the molecule is Cc1ccc(NC(=O)NCc2cc3nc(C)n(C4CCC(=O)NC4=O)c(=O)c3s2)cc1Cl. The van der Waals surface area contributed by atoms with E-state index in [0.717, 1.165) is 10.4 Å². The third kappa shape index (κ3) is 4.37. The largest absolute Gasteiger partial charge is 0.333 e.